The van der Waals surface area contributed by atoms with Crippen LogP contribution >= 0.6 is 0 Å². The Labute approximate surface area is 163 Å². The Hall–Kier alpha value is -2.55. The SMILES string of the molecule is C=C/C1=C(C)/N=C2/CCC(C)(C)C/C2=C(C)/C(=C/N)C1c1cccc(N)c1. The van der Waals surface area contributed by atoms with Gasteiger partial charge in [0, 0.05) is 23.0 Å². The molecule has 0 spiro atoms. The molecule has 3 nitrogen and oxygen atoms in total. The molecule has 1 aliphatic carbocycles. The highest BCUT2D eigenvalue weighted by atomic mass is 14.8. The van der Waals surface area contributed by atoms with Gasteiger partial charge in [-0.05, 0) is 84.7 Å². The van der Waals surface area contributed by atoms with E-state index in [1.165, 1.54) is 16.9 Å². The lowest BCUT2D eigenvalue weighted by Gasteiger charge is -2.36. The number of hydrogen-bond acceptors (Lipinski definition) is 3. The summed E-state index contributed by atoms with van der Waals surface area (Å²) < 4.78 is 0. The highest BCUT2D eigenvalue weighted by Gasteiger charge is 2.33. The molecule has 4 N–H and O–H groups in total. The van der Waals surface area contributed by atoms with Crippen LogP contribution < -0.4 is 11.5 Å². The van der Waals surface area contributed by atoms with Gasteiger partial charge in [-0.1, -0.05) is 38.6 Å². The first-order valence-corrected chi connectivity index (χ1v) is 9.66. The predicted molar refractivity (Wildman–Crippen MR) is 117 cm³/mol. The number of nitrogen functional groups attached to an aromatic ring is 1. The monoisotopic (exact) mass is 361 g/mol. The summed E-state index contributed by atoms with van der Waals surface area (Å²) in [6.45, 7) is 13.0. The molecule has 3 rings (SSSR count). The van der Waals surface area contributed by atoms with E-state index in [4.69, 9.17) is 16.5 Å². The third-order valence-corrected chi connectivity index (χ3v) is 5.91. The summed E-state index contributed by atoms with van der Waals surface area (Å²) in [5, 5.41) is 0. The molecule has 1 aromatic carbocycles. The van der Waals surface area contributed by atoms with Gasteiger partial charge in [-0.25, -0.2) is 0 Å². The Morgan fingerprint density at radius 1 is 1.26 bits per heavy atom. The number of nitrogens with two attached hydrogens (primary N) is 2. The van der Waals surface area contributed by atoms with Gasteiger partial charge >= 0.3 is 0 Å². The summed E-state index contributed by atoms with van der Waals surface area (Å²) in [6.07, 6.45) is 6.86. The Balaban J connectivity index is 2.29. The fraction of sp³-hybridized carbons (Fsp3) is 0.375. The maximum atomic E-state index is 6.21. The first-order valence-electron chi connectivity index (χ1n) is 9.66. The Kier molecular flexibility index (Phi) is 5.14. The van der Waals surface area contributed by atoms with Gasteiger partial charge in [-0.2, -0.15) is 0 Å². The van der Waals surface area contributed by atoms with Crippen molar-refractivity contribution in [1.29, 1.82) is 0 Å². The number of allylic oxidation sites excluding steroid dienone is 6. The minimum Gasteiger partial charge on any atom is -0.404 e. The molecule has 1 atom stereocenters. The van der Waals surface area contributed by atoms with E-state index in [1.807, 2.05) is 24.3 Å². The minimum atomic E-state index is -0.0150. The van der Waals surface area contributed by atoms with Gasteiger partial charge in [0.1, 0.15) is 0 Å². The van der Waals surface area contributed by atoms with Crippen LogP contribution in [0.3, 0.4) is 0 Å². The van der Waals surface area contributed by atoms with Crippen molar-refractivity contribution < 1.29 is 0 Å². The van der Waals surface area contributed by atoms with Gasteiger partial charge in [0.2, 0.25) is 0 Å². The smallest absolute Gasteiger partial charge is 0.0442 e. The molecule has 0 aromatic heterocycles. The molecule has 1 aromatic rings. The first-order chi connectivity index (χ1) is 12.8. The van der Waals surface area contributed by atoms with Gasteiger partial charge in [-0.3, -0.25) is 4.99 Å². The van der Waals surface area contributed by atoms with E-state index in [1.54, 1.807) is 6.20 Å². The quantitative estimate of drug-likeness (QED) is 0.670. The summed E-state index contributed by atoms with van der Waals surface area (Å²) in [5.74, 6) is -0.0150. The van der Waals surface area contributed by atoms with Crippen molar-refractivity contribution in [2.45, 2.75) is 52.9 Å². The normalized spacial score (nSPS) is 31.5. The van der Waals surface area contributed by atoms with Gasteiger partial charge in [-0.15, -0.1) is 0 Å². The molecular formula is C24H31N3. The Bertz CT molecular complexity index is 894. The van der Waals surface area contributed by atoms with Crippen LogP contribution in [-0.4, -0.2) is 5.71 Å². The third kappa shape index (κ3) is 3.64. The number of hydrogen-bond donors (Lipinski definition) is 2. The van der Waals surface area contributed by atoms with Crippen LogP contribution in [-0.2, 0) is 0 Å². The molecule has 0 bridgehead atoms. The van der Waals surface area contributed by atoms with Crippen LogP contribution in [0.15, 0.2) is 76.1 Å². The lowest BCUT2D eigenvalue weighted by atomic mass is 9.70. The molecule has 1 heterocycles. The van der Waals surface area contributed by atoms with E-state index in [9.17, 15) is 0 Å². The van der Waals surface area contributed by atoms with Crippen LogP contribution in [0.2, 0.25) is 0 Å². The van der Waals surface area contributed by atoms with Crippen molar-refractivity contribution in [2.24, 2.45) is 16.1 Å². The molecule has 1 aliphatic heterocycles. The number of rotatable bonds is 2. The highest BCUT2D eigenvalue weighted by molar-refractivity contribution is 6.03. The summed E-state index contributed by atoms with van der Waals surface area (Å²) >= 11 is 0. The molecule has 2 aliphatic rings. The zero-order valence-electron chi connectivity index (χ0n) is 17.0. The second kappa shape index (κ2) is 7.22. The van der Waals surface area contributed by atoms with E-state index in [0.29, 0.717) is 0 Å². The van der Waals surface area contributed by atoms with E-state index in [0.717, 1.165) is 47.4 Å². The van der Waals surface area contributed by atoms with E-state index in [-0.39, 0.29) is 11.3 Å². The zero-order valence-corrected chi connectivity index (χ0v) is 17.0. The Morgan fingerprint density at radius 2 is 2.00 bits per heavy atom. The van der Waals surface area contributed by atoms with Gasteiger partial charge in [0.25, 0.3) is 0 Å². The summed E-state index contributed by atoms with van der Waals surface area (Å²) in [6, 6.07) is 8.04. The number of aliphatic imine (C=N–C) groups is 1. The molecule has 1 unspecified atom stereocenters. The van der Waals surface area contributed by atoms with Crippen molar-refractivity contribution in [3.05, 3.63) is 76.7 Å². The minimum absolute atomic E-state index is 0.0150. The maximum absolute atomic E-state index is 6.21. The molecule has 27 heavy (non-hydrogen) atoms. The lowest BCUT2D eigenvalue weighted by Crippen LogP contribution is -2.26. The summed E-state index contributed by atoms with van der Waals surface area (Å²) in [4.78, 5) is 5.06. The van der Waals surface area contributed by atoms with Gasteiger partial charge in [0.05, 0.1) is 0 Å². The third-order valence-electron chi connectivity index (χ3n) is 5.91. The van der Waals surface area contributed by atoms with Crippen molar-refractivity contribution >= 4 is 11.4 Å². The molecule has 0 amide bonds. The predicted octanol–water partition coefficient (Wildman–Crippen LogP) is 5.64. The fourth-order valence-corrected chi connectivity index (χ4v) is 4.37. The average Bonchev–Trinajstić information content (AvgIpc) is 2.61. The van der Waals surface area contributed by atoms with Crippen LogP contribution in [0.25, 0.3) is 0 Å². The molecule has 3 heteroatoms. The first kappa shape index (κ1) is 19.2. The van der Waals surface area contributed by atoms with Crippen molar-refractivity contribution in [2.75, 3.05) is 5.73 Å². The number of nitrogens with zero attached hydrogens (tertiary/aromatic N) is 1. The summed E-state index contributed by atoms with van der Waals surface area (Å²) in [5.41, 5.74) is 21.5. The van der Waals surface area contributed by atoms with Crippen LogP contribution in [0, 0.1) is 5.41 Å². The highest BCUT2D eigenvalue weighted by Crippen LogP contribution is 2.45. The largest absolute Gasteiger partial charge is 0.404 e. The second-order valence-electron chi connectivity index (χ2n) is 8.47. The number of fused-ring (bicyclic) bond motifs is 1. The molecular weight excluding hydrogens is 330 g/mol. The van der Waals surface area contributed by atoms with Crippen LogP contribution in [0.5, 0.6) is 0 Å². The molecule has 0 saturated heterocycles. The van der Waals surface area contributed by atoms with Gasteiger partial charge < -0.3 is 11.5 Å². The van der Waals surface area contributed by atoms with E-state index < -0.39 is 0 Å². The van der Waals surface area contributed by atoms with E-state index in [2.05, 4.69) is 40.3 Å². The molecule has 1 saturated carbocycles. The van der Waals surface area contributed by atoms with Crippen LogP contribution in [0.4, 0.5) is 5.69 Å². The van der Waals surface area contributed by atoms with Crippen LogP contribution in [0.1, 0.15) is 58.4 Å². The molecule has 0 radical (unpaired) electrons. The maximum Gasteiger partial charge on any atom is 0.0442 e. The van der Waals surface area contributed by atoms with Crippen molar-refractivity contribution in [3.8, 4) is 0 Å². The molecule has 1 fully saturated rings. The topological polar surface area (TPSA) is 64.4 Å². The van der Waals surface area contributed by atoms with Crippen molar-refractivity contribution in [3.63, 3.8) is 0 Å². The average molecular weight is 362 g/mol. The van der Waals surface area contributed by atoms with Gasteiger partial charge in [0.15, 0.2) is 0 Å². The number of benzene rings is 1. The standard InChI is InChI=1S/C24H31N3/c1-6-19-16(3)27-22-10-11-24(4,5)13-20(22)15(2)21(14-25)23(19)17-8-7-9-18(26)12-17/h6-9,12,14,23H,1,10-11,13,25-26H2,2-5H3/b19-16-,20-15-,21-14-,27-22-. The van der Waals surface area contributed by atoms with E-state index >= 15 is 0 Å². The summed E-state index contributed by atoms with van der Waals surface area (Å²) in [7, 11) is 0. The lowest BCUT2D eigenvalue weighted by molar-refractivity contribution is 0.329. The van der Waals surface area contributed by atoms with Crippen molar-refractivity contribution in [1.82, 2.24) is 0 Å². The molecule has 142 valence electrons. The second-order valence-corrected chi connectivity index (χ2v) is 8.47. The Morgan fingerprint density at radius 3 is 2.63 bits per heavy atom. The zero-order chi connectivity index (χ0) is 19.8. The fourth-order valence-electron chi connectivity index (χ4n) is 4.37. The number of anilines is 1.